The fraction of sp³-hybridized carbons (Fsp3) is 0.278. The molecule has 0 saturated carbocycles. The highest BCUT2D eigenvalue weighted by Crippen LogP contribution is 2.37. The number of H-pyrrole nitrogens is 1. The molecule has 4 nitrogen and oxygen atoms in total. The van der Waals surface area contributed by atoms with E-state index in [1.165, 1.54) is 10.9 Å². The van der Waals surface area contributed by atoms with E-state index in [0.717, 1.165) is 29.7 Å². The van der Waals surface area contributed by atoms with Crippen LogP contribution in [0.1, 0.15) is 30.2 Å². The number of aliphatic hydroxyl groups is 1. The van der Waals surface area contributed by atoms with Crippen molar-refractivity contribution < 1.29 is 9.84 Å². The van der Waals surface area contributed by atoms with Crippen LogP contribution in [-0.4, -0.2) is 21.7 Å². The molecule has 112 valence electrons. The monoisotopic (exact) mass is 294 g/mol. The van der Waals surface area contributed by atoms with E-state index in [4.69, 9.17) is 4.74 Å². The Balaban J connectivity index is 1.88. The van der Waals surface area contributed by atoms with E-state index in [-0.39, 0.29) is 0 Å². The highest BCUT2D eigenvalue weighted by molar-refractivity contribution is 5.89. The Bertz CT molecular complexity index is 826. The number of aromatic nitrogens is 2. The lowest BCUT2D eigenvalue weighted by Crippen LogP contribution is -2.26. The first-order chi connectivity index (χ1) is 10.7. The minimum Gasteiger partial charge on any atom is -0.493 e. The molecule has 1 unspecified atom stereocenters. The second-order valence-corrected chi connectivity index (χ2v) is 5.74. The van der Waals surface area contributed by atoms with Crippen LogP contribution in [-0.2, 0) is 12.0 Å². The Morgan fingerprint density at radius 3 is 3.00 bits per heavy atom. The van der Waals surface area contributed by atoms with Crippen LogP contribution < -0.4 is 4.74 Å². The molecule has 1 aliphatic heterocycles. The second-order valence-electron chi connectivity index (χ2n) is 5.74. The standard InChI is InChI=1S/C18H18N2O2/c1-2-18(21,17-10-19-11-20-17)13-4-5-14-12(9-13)3-6-16-15(14)7-8-22-16/h3-6,9-11,21H,2,7-8H2,1H3,(H,19,20). The van der Waals surface area contributed by atoms with E-state index in [1.54, 1.807) is 12.5 Å². The van der Waals surface area contributed by atoms with Crippen molar-refractivity contribution in [2.24, 2.45) is 0 Å². The zero-order valence-corrected chi connectivity index (χ0v) is 12.5. The molecule has 0 bridgehead atoms. The molecule has 2 N–H and O–H groups in total. The maximum absolute atomic E-state index is 11.1. The Hall–Kier alpha value is -2.33. The lowest BCUT2D eigenvalue weighted by molar-refractivity contribution is 0.0725. The van der Waals surface area contributed by atoms with Crippen molar-refractivity contribution >= 4 is 10.8 Å². The van der Waals surface area contributed by atoms with Gasteiger partial charge in [0.25, 0.3) is 0 Å². The van der Waals surface area contributed by atoms with Crippen molar-refractivity contribution in [3.05, 3.63) is 59.7 Å². The van der Waals surface area contributed by atoms with Crippen molar-refractivity contribution in [3.63, 3.8) is 0 Å². The Morgan fingerprint density at radius 1 is 1.32 bits per heavy atom. The third-order valence-corrected chi connectivity index (χ3v) is 4.61. The quantitative estimate of drug-likeness (QED) is 0.780. The van der Waals surface area contributed by atoms with Crippen LogP contribution in [0, 0.1) is 0 Å². The molecule has 0 fully saturated rings. The third-order valence-electron chi connectivity index (χ3n) is 4.61. The summed E-state index contributed by atoms with van der Waals surface area (Å²) >= 11 is 0. The van der Waals surface area contributed by atoms with E-state index in [1.807, 2.05) is 19.1 Å². The molecule has 0 spiro atoms. The van der Waals surface area contributed by atoms with Gasteiger partial charge in [0.1, 0.15) is 11.4 Å². The van der Waals surface area contributed by atoms with E-state index >= 15 is 0 Å². The molecule has 1 aromatic heterocycles. The molecule has 4 rings (SSSR count). The molecule has 4 heteroatoms. The zero-order chi connectivity index (χ0) is 15.2. The fourth-order valence-corrected chi connectivity index (χ4v) is 3.31. The van der Waals surface area contributed by atoms with Crippen molar-refractivity contribution in [1.82, 2.24) is 9.97 Å². The van der Waals surface area contributed by atoms with Gasteiger partial charge in [-0.2, -0.15) is 0 Å². The first-order valence-electron chi connectivity index (χ1n) is 7.63. The van der Waals surface area contributed by atoms with Gasteiger partial charge in [-0.25, -0.2) is 4.98 Å². The molecule has 22 heavy (non-hydrogen) atoms. The smallest absolute Gasteiger partial charge is 0.133 e. The van der Waals surface area contributed by atoms with Gasteiger partial charge in [0.15, 0.2) is 0 Å². The number of nitrogens with zero attached hydrogens (tertiary/aromatic N) is 1. The Labute approximate surface area is 128 Å². The summed E-state index contributed by atoms with van der Waals surface area (Å²) in [5, 5.41) is 13.4. The van der Waals surface area contributed by atoms with Crippen LogP contribution in [0.15, 0.2) is 42.9 Å². The van der Waals surface area contributed by atoms with Gasteiger partial charge in [-0.15, -0.1) is 0 Å². The normalized spacial score (nSPS) is 16.3. The lowest BCUT2D eigenvalue weighted by Gasteiger charge is -2.26. The summed E-state index contributed by atoms with van der Waals surface area (Å²) in [5.74, 6) is 0.985. The first-order valence-corrected chi connectivity index (χ1v) is 7.63. The number of hydrogen-bond donors (Lipinski definition) is 2. The van der Waals surface area contributed by atoms with Crippen LogP contribution in [0.3, 0.4) is 0 Å². The SMILES string of the molecule is CCC(O)(c1ccc2c3c(ccc2c1)OCC3)c1c[nH]cn1. The van der Waals surface area contributed by atoms with E-state index in [0.29, 0.717) is 12.1 Å². The molecule has 0 aliphatic carbocycles. The molecular weight excluding hydrogens is 276 g/mol. The zero-order valence-electron chi connectivity index (χ0n) is 12.5. The summed E-state index contributed by atoms with van der Waals surface area (Å²) in [5.41, 5.74) is 1.72. The van der Waals surface area contributed by atoms with Crippen molar-refractivity contribution in [3.8, 4) is 5.75 Å². The maximum atomic E-state index is 11.1. The summed E-state index contributed by atoms with van der Waals surface area (Å²) in [4.78, 5) is 7.17. The maximum Gasteiger partial charge on any atom is 0.133 e. The average molecular weight is 294 g/mol. The number of aromatic amines is 1. The number of imidazole rings is 1. The predicted octanol–water partition coefficient (Wildman–Crippen LogP) is 3.14. The number of ether oxygens (including phenoxy) is 1. The van der Waals surface area contributed by atoms with Gasteiger partial charge in [0.05, 0.1) is 18.6 Å². The third kappa shape index (κ3) is 1.84. The van der Waals surface area contributed by atoms with Crippen LogP contribution in [0.25, 0.3) is 10.8 Å². The number of rotatable bonds is 3. The summed E-state index contributed by atoms with van der Waals surface area (Å²) < 4.78 is 5.62. The number of benzene rings is 2. The largest absolute Gasteiger partial charge is 0.493 e. The molecule has 0 amide bonds. The second kappa shape index (κ2) is 4.85. The van der Waals surface area contributed by atoms with E-state index in [2.05, 4.69) is 28.2 Å². The lowest BCUT2D eigenvalue weighted by atomic mass is 9.86. The average Bonchev–Trinajstić information content (AvgIpc) is 3.24. The molecule has 0 radical (unpaired) electrons. The van der Waals surface area contributed by atoms with Gasteiger partial charge in [-0.05, 0) is 34.9 Å². The number of nitrogens with one attached hydrogen (secondary N) is 1. The molecule has 2 aromatic carbocycles. The summed E-state index contributed by atoms with van der Waals surface area (Å²) in [7, 11) is 0. The molecular formula is C18H18N2O2. The van der Waals surface area contributed by atoms with Gasteiger partial charge < -0.3 is 14.8 Å². The minimum absolute atomic E-state index is 0.567. The predicted molar refractivity (Wildman–Crippen MR) is 85.0 cm³/mol. The number of fused-ring (bicyclic) bond motifs is 3. The number of hydrogen-bond acceptors (Lipinski definition) is 3. The Morgan fingerprint density at radius 2 is 2.23 bits per heavy atom. The van der Waals surface area contributed by atoms with Gasteiger partial charge in [0.2, 0.25) is 0 Å². The van der Waals surface area contributed by atoms with Gasteiger partial charge in [0, 0.05) is 18.2 Å². The van der Waals surface area contributed by atoms with E-state index < -0.39 is 5.60 Å². The topological polar surface area (TPSA) is 58.1 Å². The van der Waals surface area contributed by atoms with Gasteiger partial charge in [-0.1, -0.05) is 25.1 Å². The van der Waals surface area contributed by atoms with Crippen LogP contribution in [0.5, 0.6) is 5.75 Å². The summed E-state index contributed by atoms with van der Waals surface area (Å²) in [6.45, 7) is 2.72. The molecule has 1 aliphatic rings. The minimum atomic E-state index is -1.07. The van der Waals surface area contributed by atoms with Crippen LogP contribution in [0.4, 0.5) is 0 Å². The van der Waals surface area contributed by atoms with Crippen LogP contribution in [0.2, 0.25) is 0 Å². The first kappa shape index (κ1) is 13.3. The van der Waals surface area contributed by atoms with Crippen molar-refractivity contribution in [1.29, 1.82) is 0 Å². The summed E-state index contributed by atoms with van der Waals surface area (Å²) in [6.07, 6.45) is 4.87. The van der Waals surface area contributed by atoms with Gasteiger partial charge in [-0.3, -0.25) is 0 Å². The summed E-state index contributed by atoms with van der Waals surface area (Å²) in [6, 6.07) is 10.2. The fourth-order valence-electron chi connectivity index (χ4n) is 3.31. The van der Waals surface area contributed by atoms with Crippen LogP contribution >= 0.6 is 0 Å². The Kier molecular flexibility index (Phi) is 2.94. The van der Waals surface area contributed by atoms with Gasteiger partial charge >= 0.3 is 0 Å². The molecule has 0 saturated heterocycles. The van der Waals surface area contributed by atoms with Crippen molar-refractivity contribution in [2.45, 2.75) is 25.4 Å². The molecule has 2 heterocycles. The highest BCUT2D eigenvalue weighted by Gasteiger charge is 2.32. The highest BCUT2D eigenvalue weighted by atomic mass is 16.5. The molecule has 1 atom stereocenters. The molecule has 3 aromatic rings. The van der Waals surface area contributed by atoms with Crippen molar-refractivity contribution in [2.75, 3.05) is 6.61 Å². The van der Waals surface area contributed by atoms with E-state index in [9.17, 15) is 5.11 Å².